The van der Waals surface area contributed by atoms with Gasteiger partial charge in [0.1, 0.15) is 23.4 Å². The molecule has 1 aliphatic carbocycles. The van der Waals surface area contributed by atoms with Crippen molar-refractivity contribution in [2.75, 3.05) is 18.0 Å². The summed E-state index contributed by atoms with van der Waals surface area (Å²) < 4.78 is 27.7. The molecule has 1 saturated heterocycles. The SMILES string of the molecule is NC[C@H]1CCC[C@H]1C(=O)NC1CCN(c2c(F)cccc2F)C1=O. The predicted molar refractivity (Wildman–Crippen MR) is 85.1 cm³/mol. The summed E-state index contributed by atoms with van der Waals surface area (Å²) in [6.07, 6.45) is 2.96. The van der Waals surface area contributed by atoms with Gasteiger partial charge in [-0.25, -0.2) is 8.78 Å². The zero-order chi connectivity index (χ0) is 17.3. The minimum atomic E-state index is -0.783. The Labute approximate surface area is 139 Å². The first-order valence-electron chi connectivity index (χ1n) is 8.28. The molecule has 2 amide bonds. The molecule has 0 bridgehead atoms. The third-order valence-corrected chi connectivity index (χ3v) is 5.03. The van der Waals surface area contributed by atoms with Crippen molar-refractivity contribution in [3.05, 3.63) is 29.8 Å². The molecule has 0 aromatic heterocycles. The van der Waals surface area contributed by atoms with Gasteiger partial charge in [0.25, 0.3) is 0 Å². The fraction of sp³-hybridized carbons (Fsp3) is 0.529. The lowest BCUT2D eigenvalue weighted by Gasteiger charge is -2.21. The monoisotopic (exact) mass is 337 g/mol. The summed E-state index contributed by atoms with van der Waals surface area (Å²) in [4.78, 5) is 25.9. The van der Waals surface area contributed by atoms with Gasteiger partial charge >= 0.3 is 0 Å². The van der Waals surface area contributed by atoms with Crippen LogP contribution in [0.3, 0.4) is 0 Å². The van der Waals surface area contributed by atoms with Crippen molar-refractivity contribution in [2.45, 2.75) is 31.7 Å². The molecule has 130 valence electrons. The molecule has 0 radical (unpaired) electrons. The Hall–Kier alpha value is -2.02. The lowest BCUT2D eigenvalue weighted by molar-refractivity contribution is -0.129. The van der Waals surface area contributed by atoms with Gasteiger partial charge in [-0.1, -0.05) is 12.5 Å². The fourth-order valence-electron chi connectivity index (χ4n) is 3.73. The van der Waals surface area contributed by atoms with Crippen molar-refractivity contribution < 1.29 is 18.4 Å². The van der Waals surface area contributed by atoms with Crippen molar-refractivity contribution >= 4 is 17.5 Å². The Morgan fingerprint density at radius 1 is 1.25 bits per heavy atom. The normalized spacial score (nSPS) is 26.9. The first-order valence-corrected chi connectivity index (χ1v) is 8.28. The van der Waals surface area contributed by atoms with E-state index in [1.807, 2.05) is 0 Å². The number of amides is 2. The van der Waals surface area contributed by atoms with Gasteiger partial charge in [0.05, 0.1) is 0 Å². The Morgan fingerprint density at radius 2 is 1.96 bits per heavy atom. The number of hydrogen-bond donors (Lipinski definition) is 2. The zero-order valence-electron chi connectivity index (χ0n) is 13.3. The molecular weight excluding hydrogens is 316 g/mol. The van der Waals surface area contributed by atoms with Gasteiger partial charge in [-0.2, -0.15) is 0 Å². The Morgan fingerprint density at radius 3 is 2.62 bits per heavy atom. The molecule has 1 aliphatic heterocycles. The van der Waals surface area contributed by atoms with Crippen LogP contribution in [0.2, 0.25) is 0 Å². The van der Waals surface area contributed by atoms with Gasteiger partial charge in [-0.3, -0.25) is 9.59 Å². The van der Waals surface area contributed by atoms with Crippen LogP contribution in [0.4, 0.5) is 14.5 Å². The van der Waals surface area contributed by atoms with E-state index >= 15 is 0 Å². The number of carbonyl (C=O) groups excluding carboxylic acids is 2. The molecule has 24 heavy (non-hydrogen) atoms. The number of nitrogens with two attached hydrogens (primary N) is 1. The van der Waals surface area contributed by atoms with Crippen molar-refractivity contribution in [3.63, 3.8) is 0 Å². The van der Waals surface area contributed by atoms with Crippen LogP contribution in [0.15, 0.2) is 18.2 Å². The first-order chi connectivity index (χ1) is 11.5. The third kappa shape index (κ3) is 3.00. The molecule has 7 heteroatoms. The molecule has 2 aliphatic rings. The number of benzene rings is 1. The average molecular weight is 337 g/mol. The summed E-state index contributed by atoms with van der Waals surface area (Å²) in [5.41, 5.74) is 5.34. The number of hydrogen-bond acceptors (Lipinski definition) is 3. The Bertz CT molecular complexity index is 632. The maximum Gasteiger partial charge on any atom is 0.249 e. The highest BCUT2D eigenvalue weighted by Crippen LogP contribution is 2.32. The molecule has 3 rings (SSSR count). The van der Waals surface area contributed by atoms with E-state index in [2.05, 4.69) is 5.32 Å². The number of carbonyl (C=O) groups is 2. The highest BCUT2D eigenvalue weighted by Gasteiger charge is 2.39. The van der Waals surface area contributed by atoms with Gasteiger partial charge in [0.15, 0.2) is 0 Å². The van der Waals surface area contributed by atoms with Gasteiger partial charge in [-0.05, 0) is 43.9 Å². The smallest absolute Gasteiger partial charge is 0.249 e. The molecule has 1 saturated carbocycles. The van der Waals surface area contributed by atoms with Crippen LogP contribution in [-0.4, -0.2) is 30.9 Å². The molecule has 1 aromatic rings. The second-order valence-corrected chi connectivity index (χ2v) is 6.44. The van der Waals surface area contributed by atoms with Crippen LogP contribution < -0.4 is 16.0 Å². The molecule has 3 N–H and O–H groups in total. The Kier molecular flexibility index (Phi) is 4.80. The number of nitrogens with one attached hydrogen (secondary N) is 1. The van der Waals surface area contributed by atoms with E-state index in [0.717, 1.165) is 36.3 Å². The topological polar surface area (TPSA) is 75.4 Å². The predicted octanol–water partition coefficient (Wildman–Crippen LogP) is 1.56. The molecule has 1 aromatic carbocycles. The average Bonchev–Trinajstić information content (AvgIpc) is 3.16. The first kappa shape index (κ1) is 16.8. The second kappa shape index (κ2) is 6.84. The van der Waals surface area contributed by atoms with Crippen LogP contribution in [0.5, 0.6) is 0 Å². The van der Waals surface area contributed by atoms with Crippen LogP contribution in [0.25, 0.3) is 0 Å². The maximum atomic E-state index is 13.9. The highest BCUT2D eigenvalue weighted by atomic mass is 19.1. The standard InChI is InChI=1S/C17H21F2N3O2/c18-12-5-2-6-13(19)15(12)22-8-7-14(17(22)24)21-16(23)11-4-1-3-10(11)9-20/h2,5-6,10-11,14H,1,3-4,7-9,20H2,(H,21,23)/t10-,11-,14?/m1/s1. The van der Waals surface area contributed by atoms with Crippen LogP contribution in [0, 0.1) is 23.5 Å². The second-order valence-electron chi connectivity index (χ2n) is 6.44. The van der Waals surface area contributed by atoms with Gasteiger partial charge < -0.3 is 16.0 Å². The molecule has 2 fully saturated rings. The third-order valence-electron chi connectivity index (χ3n) is 5.03. The van der Waals surface area contributed by atoms with Gasteiger partial charge in [0.2, 0.25) is 11.8 Å². The minimum Gasteiger partial charge on any atom is -0.344 e. The van der Waals surface area contributed by atoms with E-state index in [4.69, 9.17) is 5.73 Å². The van der Waals surface area contributed by atoms with E-state index < -0.39 is 23.6 Å². The molecule has 0 spiro atoms. The van der Waals surface area contributed by atoms with Crippen LogP contribution in [-0.2, 0) is 9.59 Å². The number of anilines is 1. The summed E-state index contributed by atoms with van der Waals surface area (Å²) in [6, 6.07) is 2.74. The lowest BCUT2D eigenvalue weighted by Crippen LogP contribution is -2.45. The molecule has 1 unspecified atom stereocenters. The van der Waals surface area contributed by atoms with Crippen LogP contribution in [0.1, 0.15) is 25.7 Å². The van der Waals surface area contributed by atoms with E-state index in [-0.39, 0.29) is 30.0 Å². The Balaban J connectivity index is 1.69. The number of nitrogens with zero attached hydrogens (tertiary/aromatic N) is 1. The van der Waals surface area contributed by atoms with Crippen molar-refractivity contribution in [1.82, 2.24) is 5.32 Å². The largest absolute Gasteiger partial charge is 0.344 e. The minimum absolute atomic E-state index is 0.140. The number of halogens is 2. The molecule has 3 atom stereocenters. The molecular formula is C17H21F2N3O2. The number of para-hydroxylation sites is 1. The molecule has 1 heterocycles. The van der Waals surface area contributed by atoms with Gasteiger partial charge in [0, 0.05) is 12.5 Å². The summed E-state index contributed by atoms with van der Waals surface area (Å²) in [6.45, 7) is 0.621. The van der Waals surface area contributed by atoms with Crippen molar-refractivity contribution in [2.24, 2.45) is 17.6 Å². The van der Waals surface area contributed by atoms with E-state index in [1.165, 1.54) is 6.07 Å². The highest BCUT2D eigenvalue weighted by molar-refractivity contribution is 6.01. The van der Waals surface area contributed by atoms with E-state index in [1.54, 1.807) is 0 Å². The summed E-state index contributed by atoms with van der Waals surface area (Å²) in [5, 5.41) is 2.74. The van der Waals surface area contributed by atoms with Crippen molar-refractivity contribution in [3.8, 4) is 0 Å². The summed E-state index contributed by atoms with van der Waals surface area (Å²) in [7, 11) is 0. The lowest BCUT2D eigenvalue weighted by atomic mass is 9.95. The van der Waals surface area contributed by atoms with Crippen molar-refractivity contribution in [1.29, 1.82) is 0 Å². The fourth-order valence-corrected chi connectivity index (χ4v) is 3.73. The molecule has 5 nitrogen and oxygen atoms in total. The summed E-state index contributed by atoms with van der Waals surface area (Å²) >= 11 is 0. The number of rotatable bonds is 4. The van der Waals surface area contributed by atoms with E-state index in [9.17, 15) is 18.4 Å². The van der Waals surface area contributed by atoms with E-state index in [0.29, 0.717) is 13.0 Å². The summed E-state index contributed by atoms with van der Waals surface area (Å²) in [5.74, 6) is -2.26. The zero-order valence-corrected chi connectivity index (χ0v) is 13.3. The van der Waals surface area contributed by atoms with Gasteiger partial charge in [-0.15, -0.1) is 0 Å². The quantitative estimate of drug-likeness (QED) is 0.875. The van der Waals surface area contributed by atoms with Crippen LogP contribution >= 0.6 is 0 Å². The maximum absolute atomic E-state index is 13.9.